The maximum absolute atomic E-state index is 6.55. The van der Waals surface area contributed by atoms with Gasteiger partial charge in [-0.2, -0.15) is 0 Å². The van der Waals surface area contributed by atoms with Gasteiger partial charge in [-0.05, 0) is 99.6 Å². The first-order valence-electron chi connectivity index (χ1n) is 12.8. The SMILES string of the molecule is CCN1CCN(C(C)(C)CC(C)(C)C2CCN(C(C)(C)C(C)(C)OC(C)(C)C)C2)CC1. The molecule has 0 radical (unpaired) electrons. The quantitative estimate of drug-likeness (QED) is 0.498. The van der Waals surface area contributed by atoms with Gasteiger partial charge in [0.2, 0.25) is 0 Å². The first-order valence-corrected chi connectivity index (χ1v) is 12.8. The monoisotopic (exact) mass is 437 g/mol. The number of nitrogens with zero attached hydrogens (tertiary/aromatic N) is 3. The minimum atomic E-state index is -0.206. The molecule has 2 saturated heterocycles. The number of piperazine rings is 1. The third kappa shape index (κ3) is 6.46. The van der Waals surface area contributed by atoms with E-state index < -0.39 is 0 Å². The van der Waals surface area contributed by atoms with Crippen LogP contribution in [0.15, 0.2) is 0 Å². The molecule has 0 aromatic rings. The smallest absolute Gasteiger partial charge is 0.0811 e. The molecular weight excluding hydrogens is 382 g/mol. The van der Waals surface area contributed by atoms with Gasteiger partial charge in [0, 0.05) is 43.8 Å². The van der Waals surface area contributed by atoms with Crippen molar-refractivity contribution >= 4 is 0 Å². The topological polar surface area (TPSA) is 19.0 Å². The number of ether oxygens (including phenoxy) is 1. The van der Waals surface area contributed by atoms with Crippen LogP contribution in [-0.2, 0) is 4.74 Å². The van der Waals surface area contributed by atoms with Crippen LogP contribution in [0.3, 0.4) is 0 Å². The van der Waals surface area contributed by atoms with Crippen molar-refractivity contribution < 1.29 is 4.74 Å². The second-order valence-electron chi connectivity index (χ2n) is 13.6. The van der Waals surface area contributed by atoms with Crippen LogP contribution in [0.25, 0.3) is 0 Å². The summed E-state index contributed by atoms with van der Waals surface area (Å²) in [5.74, 6) is 0.730. The summed E-state index contributed by atoms with van der Waals surface area (Å²) in [6, 6.07) is 0. The van der Waals surface area contributed by atoms with E-state index in [1.54, 1.807) is 0 Å². The summed E-state index contributed by atoms with van der Waals surface area (Å²) in [6.45, 7) is 36.5. The summed E-state index contributed by atoms with van der Waals surface area (Å²) in [4.78, 5) is 8.03. The third-order valence-corrected chi connectivity index (χ3v) is 8.68. The van der Waals surface area contributed by atoms with Crippen molar-refractivity contribution in [2.75, 3.05) is 45.8 Å². The normalized spacial score (nSPS) is 24.2. The van der Waals surface area contributed by atoms with Crippen LogP contribution >= 0.6 is 0 Å². The lowest BCUT2D eigenvalue weighted by Crippen LogP contribution is -2.60. The Morgan fingerprint density at radius 3 is 1.77 bits per heavy atom. The lowest BCUT2D eigenvalue weighted by molar-refractivity contribution is -0.175. The highest BCUT2D eigenvalue weighted by Crippen LogP contribution is 2.45. The van der Waals surface area contributed by atoms with Gasteiger partial charge in [0.15, 0.2) is 0 Å². The van der Waals surface area contributed by atoms with Gasteiger partial charge in [0.1, 0.15) is 0 Å². The van der Waals surface area contributed by atoms with E-state index in [-0.39, 0.29) is 22.3 Å². The van der Waals surface area contributed by atoms with E-state index >= 15 is 0 Å². The summed E-state index contributed by atoms with van der Waals surface area (Å²) < 4.78 is 6.55. The van der Waals surface area contributed by atoms with Crippen LogP contribution in [-0.4, -0.2) is 82.8 Å². The second-order valence-corrected chi connectivity index (χ2v) is 13.6. The van der Waals surface area contributed by atoms with Gasteiger partial charge in [0.25, 0.3) is 0 Å². The fraction of sp³-hybridized carbons (Fsp3) is 1.00. The zero-order valence-electron chi connectivity index (χ0n) is 23.2. The molecule has 0 aromatic carbocycles. The molecule has 0 aromatic heterocycles. The first-order chi connectivity index (χ1) is 13.9. The maximum Gasteiger partial charge on any atom is 0.0811 e. The molecule has 4 heteroatoms. The zero-order chi connectivity index (χ0) is 23.9. The summed E-state index contributed by atoms with van der Waals surface area (Å²) in [5.41, 5.74) is 0.233. The van der Waals surface area contributed by atoms with Gasteiger partial charge in [0.05, 0.1) is 11.2 Å². The minimum absolute atomic E-state index is 0.00287. The molecule has 184 valence electrons. The van der Waals surface area contributed by atoms with Crippen LogP contribution in [0.1, 0.15) is 95.9 Å². The van der Waals surface area contributed by atoms with E-state index in [2.05, 4.69) is 97.8 Å². The number of likely N-dealkylation sites (tertiary alicyclic amines) is 1. The van der Waals surface area contributed by atoms with E-state index in [4.69, 9.17) is 4.74 Å². The predicted molar refractivity (Wildman–Crippen MR) is 135 cm³/mol. The second kappa shape index (κ2) is 9.24. The molecule has 2 fully saturated rings. The molecule has 2 rings (SSSR count). The van der Waals surface area contributed by atoms with E-state index in [1.807, 2.05) is 0 Å². The Kier molecular flexibility index (Phi) is 8.07. The Bertz CT molecular complexity index is 580. The van der Waals surface area contributed by atoms with Crippen molar-refractivity contribution in [2.45, 2.75) is 118 Å². The fourth-order valence-corrected chi connectivity index (χ4v) is 6.22. The summed E-state index contributed by atoms with van der Waals surface area (Å²) >= 11 is 0. The van der Waals surface area contributed by atoms with E-state index in [1.165, 1.54) is 58.7 Å². The molecule has 0 aliphatic carbocycles. The van der Waals surface area contributed by atoms with Crippen molar-refractivity contribution in [1.29, 1.82) is 0 Å². The van der Waals surface area contributed by atoms with Crippen molar-refractivity contribution in [3.8, 4) is 0 Å². The molecular formula is C27H55N3O. The van der Waals surface area contributed by atoms with Crippen LogP contribution in [0.4, 0.5) is 0 Å². The van der Waals surface area contributed by atoms with Crippen molar-refractivity contribution in [1.82, 2.24) is 14.7 Å². The average molecular weight is 438 g/mol. The molecule has 4 nitrogen and oxygen atoms in total. The average Bonchev–Trinajstić information content (AvgIpc) is 3.10. The molecule has 0 spiro atoms. The largest absolute Gasteiger partial charge is 0.368 e. The molecule has 0 N–H and O–H groups in total. The van der Waals surface area contributed by atoms with Gasteiger partial charge in [-0.3, -0.25) is 9.80 Å². The maximum atomic E-state index is 6.55. The van der Waals surface area contributed by atoms with Crippen molar-refractivity contribution in [3.63, 3.8) is 0 Å². The Balaban J connectivity index is 2.04. The van der Waals surface area contributed by atoms with E-state index in [0.29, 0.717) is 5.41 Å². The summed E-state index contributed by atoms with van der Waals surface area (Å²) in [6.07, 6.45) is 2.55. The van der Waals surface area contributed by atoms with Crippen molar-refractivity contribution in [3.05, 3.63) is 0 Å². The molecule has 2 aliphatic heterocycles. The molecule has 1 unspecified atom stereocenters. The van der Waals surface area contributed by atoms with Crippen LogP contribution in [0.2, 0.25) is 0 Å². The standard InChI is InChI=1S/C27H55N3O/c1-13-28-16-18-29(19-17-28)25(7,8)21-24(5,6)22-14-15-30(20-22)26(9,10)27(11,12)31-23(2,3)4/h22H,13-21H2,1-12H3. The molecule has 0 amide bonds. The van der Waals surface area contributed by atoms with Crippen LogP contribution in [0.5, 0.6) is 0 Å². The molecule has 0 saturated carbocycles. The number of rotatable bonds is 8. The number of hydrogen-bond acceptors (Lipinski definition) is 4. The fourth-order valence-electron chi connectivity index (χ4n) is 6.22. The van der Waals surface area contributed by atoms with Crippen LogP contribution < -0.4 is 0 Å². The molecule has 0 bridgehead atoms. The highest BCUT2D eigenvalue weighted by Gasteiger charge is 2.49. The lowest BCUT2D eigenvalue weighted by atomic mass is 9.70. The molecule has 2 heterocycles. The van der Waals surface area contributed by atoms with Gasteiger partial charge in [-0.25, -0.2) is 0 Å². The van der Waals surface area contributed by atoms with Crippen molar-refractivity contribution in [2.24, 2.45) is 11.3 Å². The Morgan fingerprint density at radius 2 is 1.29 bits per heavy atom. The van der Waals surface area contributed by atoms with E-state index in [0.717, 1.165) is 5.92 Å². The highest BCUT2D eigenvalue weighted by molar-refractivity contribution is 5.03. The molecule has 1 atom stereocenters. The number of likely N-dealkylation sites (N-methyl/N-ethyl adjacent to an activating group) is 1. The number of hydrogen-bond donors (Lipinski definition) is 0. The van der Waals surface area contributed by atoms with E-state index in [9.17, 15) is 0 Å². The summed E-state index contributed by atoms with van der Waals surface area (Å²) in [7, 11) is 0. The Labute approximate surface area is 195 Å². The van der Waals surface area contributed by atoms with Gasteiger partial charge in [-0.15, -0.1) is 0 Å². The van der Waals surface area contributed by atoms with Gasteiger partial charge in [-0.1, -0.05) is 20.8 Å². The predicted octanol–water partition coefficient (Wildman–Crippen LogP) is 5.51. The lowest BCUT2D eigenvalue weighted by Gasteiger charge is -2.51. The first kappa shape index (κ1) is 27.1. The van der Waals surface area contributed by atoms with Crippen LogP contribution in [0, 0.1) is 11.3 Å². The Morgan fingerprint density at radius 1 is 0.742 bits per heavy atom. The Hall–Kier alpha value is -0.160. The third-order valence-electron chi connectivity index (χ3n) is 8.68. The van der Waals surface area contributed by atoms with Gasteiger partial charge < -0.3 is 9.64 Å². The minimum Gasteiger partial charge on any atom is -0.368 e. The molecule has 2 aliphatic rings. The molecule has 31 heavy (non-hydrogen) atoms. The van der Waals surface area contributed by atoms with Gasteiger partial charge >= 0.3 is 0 Å². The highest BCUT2D eigenvalue weighted by atomic mass is 16.5. The zero-order valence-corrected chi connectivity index (χ0v) is 23.2. The summed E-state index contributed by atoms with van der Waals surface area (Å²) in [5, 5.41) is 0.